The monoisotopic (exact) mass is 265 g/mol. The van der Waals surface area contributed by atoms with E-state index in [1.54, 1.807) is 20.8 Å². The van der Waals surface area contributed by atoms with E-state index >= 15 is 0 Å². The maximum absolute atomic E-state index is 11.5. The van der Waals surface area contributed by atoms with E-state index in [1.807, 2.05) is 6.92 Å². The Kier molecular flexibility index (Phi) is 7.14. The summed E-state index contributed by atoms with van der Waals surface area (Å²) in [7, 11) is 0. The van der Waals surface area contributed by atoms with Crippen molar-refractivity contribution in [2.75, 3.05) is 6.54 Å². The molecule has 5 N–H and O–H groups in total. The third-order valence-corrected chi connectivity index (χ3v) is 3.34. The van der Waals surface area contributed by atoms with Crippen molar-refractivity contribution in [1.82, 2.24) is 15.8 Å². The molecule has 0 rings (SSSR count). The zero-order valence-electron chi connectivity index (χ0n) is 11.3. The fourth-order valence-corrected chi connectivity index (χ4v) is 1.26. The van der Waals surface area contributed by atoms with Crippen LogP contribution in [0.4, 0.5) is 0 Å². The van der Waals surface area contributed by atoms with Crippen molar-refractivity contribution < 1.29 is 9.88 Å². The predicted octanol–water partition coefficient (Wildman–Crippen LogP) is 0.0811. The zero-order valence-corrected chi connectivity index (χ0v) is 11.3. The SMILES string of the molecule is CCC(C)(CNC(C)(CC)N([O-])ON)N([O-])ON. The van der Waals surface area contributed by atoms with Gasteiger partial charge in [0.05, 0.1) is 5.66 Å². The Bertz CT molecular complexity index is 223. The Hall–Kier alpha value is -0.360. The molecule has 9 nitrogen and oxygen atoms in total. The molecular formula is C9H23N5O4-2. The fraction of sp³-hybridized carbons (Fsp3) is 1.00. The van der Waals surface area contributed by atoms with E-state index in [4.69, 9.17) is 11.8 Å². The maximum atomic E-state index is 11.5. The molecule has 0 saturated carbocycles. The lowest BCUT2D eigenvalue weighted by Crippen LogP contribution is -2.60. The van der Waals surface area contributed by atoms with Crippen LogP contribution < -0.4 is 17.1 Å². The highest BCUT2D eigenvalue weighted by molar-refractivity contribution is 4.88. The summed E-state index contributed by atoms with van der Waals surface area (Å²) >= 11 is 0. The summed E-state index contributed by atoms with van der Waals surface area (Å²) in [5, 5.41) is 26.4. The van der Waals surface area contributed by atoms with Crippen molar-refractivity contribution in [2.45, 2.75) is 51.7 Å². The molecule has 2 unspecified atom stereocenters. The molecule has 9 heteroatoms. The average Bonchev–Trinajstić information content (AvgIpc) is 2.42. The van der Waals surface area contributed by atoms with Crippen LogP contribution >= 0.6 is 0 Å². The number of hydrogen-bond donors (Lipinski definition) is 3. The highest BCUT2D eigenvalue weighted by Crippen LogP contribution is 2.20. The van der Waals surface area contributed by atoms with Gasteiger partial charge in [0.25, 0.3) is 0 Å². The van der Waals surface area contributed by atoms with Gasteiger partial charge in [-0.05, 0) is 26.7 Å². The Morgan fingerprint density at radius 2 is 1.56 bits per heavy atom. The first kappa shape index (κ1) is 17.6. The quantitative estimate of drug-likeness (QED) is 0.391. The van der Waals surface area contributed by atoms with Crippen LogP contribution in [0, 0.1) is 10.4 Å². The van der Waals surface area contributed by atoms with Crippen LogP contribution in [-0.4, -0.2) is 28.2 Å². The molecule has 0 aliphatic rings. The molecule has 2 atom stereocenters. The lowest BCUT2D eigenvalue weighted by Gasteiger charge is -2.48. The van der Waals surface area contributed by atoms with Crippen LogP contribution in [-0.2, 0) is 9.88 Å². The smallest absolute Gasteiger partial charge is 0.0810 e. The molecule has 0 aromatic carbocycles. The second kappa shape index (κ2) is 7.28. The normalized spacial score (nSPS) is 19.0. The minimum absolute atomic E-state index is 0.177. The number of hydrogen-bond acceptors (Lipinski definition) is 9. The van der Waals surface area contributed by atoms with Crippen molar-refractivity contribution in [1.29, 1.82) is 0 Å². The van der Waals surface area contributed by atoms with E-state index in [1.165, 1.54) is 0 Å². The molecule has 110 valence electrons. The molecule has 0 heterocycles. The lowest BCUT2D eigenvalue weighted by molar-refractivity contribution is -0.211. The second-order valence-corrected chi connectivity index (χ2v) is 4.56. The third kappa shape index (κ3) is 4.09. The van der Waals surface area contributed by atoms with Crippen LogP contribution in [0.15, 0.2) is 0 Å². The van der Waals surface area contributed by atoms with Gasteiger partial charge in [0, 0.05) is 12.1 Å². The zero-order chi connectivity index (χ0) is 14.4. The number of nitrogens with two attached hydrogens (primary N) is 2. The molecule has 0 bridgehead atoms. The topological polar surface area (TPSA) is 135 Å². The van der Waals surface area contributed by atoms with Crippen molar-refractivity contribution in [2.24, 2.45) is 11.8 Å². The molecule has 0 spiro atoms. The van der Waals surface area contributed by atoms with Crippen LogP contribution in [0.25, 0.3) is 0 Å². The molecule has 0 radical (unpaired) electrons. The summed E-state index contributed by atoms with van der Waals surface area (Å²) in [6.45, 7) is 7.05. The highest BCUT2D eigenvalue weighted by atomic mass is 17.0. The molecule has 0 aromatic heterocycles. The van der Waals surface area contributed by atoms with E-state index in [0.717, 1.165) is 0 Å². The molecule has 0 aromatic rings. The minimum atomic E-state index is -1.04. The predicted molar refractivity (Wildman–Crippen MR) is 66.4 cm³/mol. The first-order valence-electron chi connectivity index (χ1n) is 5.73. The third-order valence-electron chi connectivity index (χ3n) is 3.34. The van der Waals surface area contributed by atoms with Gasteiger partial charge in [-0.25, -0.2) is 20.3 Å². The van der Waals surface area contributed by atoms with Crippen molar-refractivity contribution in [3.63, 3.8) is 0 Å². The Labute approximate surface area is 107 Å². The van der Waals surface area contributed by atoms with E-state index in [9.17, 15) is 10.4 Å². The van der Waals surface area contributed by atoms with Gasteiger partial charge >= 0.3 is 0 Å². The van der Waals surface area contributed by atoms with E-state index in [-0.39, 0.29) is 11.8 Å². The van der Waals surface area contributed by atoms with Crippen LogP contribution in [0.3, 0.4) is 0 Å². The molecule has 0 saturated heterocycles. The van der Waals surface area contributed by atoms with Gasteiger partial charge in [0.15, 0.2) is 0 Å². The second-order valence-electron chi connectivity index (χ2n) is 4.56. The summed E-state index contributed by atoms with van der Waals surface area (Å²) in [5.41, 5.74) is -1.94. The summed E-state index contributed by atoms with van der Waals surface area (Å²) in [4.78, 5) is 8.34. The maximum Gasteiger partial charge on any atom is 0.0810 e. The Morgan fingerprint density at radius 3 is 1.89 bits per heavy atom. The average molecular weight is 265 g/mol. The van der Waals surface area contributed by atoms with Crippen LogP contribution in [0.2, 0.25) is 0 Å². The summed E-state index contributed by atoms with van der Waals surface area (Å²) in [6, 6.07) is 0. The van der Waals surface area contributed by atoms with Gasteiger partial charge in [0.1, 0.15) is 0 Å². The standard InChI is InChI=1S/C9H23N5O4/c1-5-8(3,13(15)17-10)7-12-9(4,6-2)14(16)18-11/h12H,5-7,10-11H2,1-4H3/q-2. The highest BCUT2D eigenvalue weighted by Gasteiger charge is 2.31. The van der Waals surface area contributed by atoms with Gasteiger partial charge in [-0.3, -0.25) is 5.32 Å². The van der Waals surface area contributed by atoms with E-state index in [0.29, 0.717) is 18.1 Å². The van der Waals surface area contributed by atoms with Crippen molar-refractivity contribution in [3.05, 3.63) is 10.4 Å². The Morgan fingerprint density at radius 1 is 1.06 bits per heavy atom. The van der Waals surface area contributed by atoms with Crippen LogP contribution in [0.1, 0.15) is 40.5 Å². The fourth-order valence-electron chi connectivity index (χ4n) is 1.26. The summed E-state index contributed by atoms with van der Waals surface area (Å²) in [5.74, 6) is 9.71. The largest absolute Gasteiger partial charge is 0.760 e. The first-order chi connectivity index (χ1) is 8.29. The Balaban J connectivity index is 4.69. The molecule has 0 fully saturated rings. The molecule has 18 heavy (non-hydrogen) atoms. The number of hydroxylamine groups is 4. The number of rotatable bonds is 9. The first-order valence-corrected chi connectivity index (χ1v) is 5.73. The number of nitrogens with zero attached hydrogens (tertiary/aromatic N) is 2. The minimum Gasteiger partial charge on any atom is -0.760 e. The van der Waals surface area contributed by atoms with Crippen LogP contribution in [0.5, 0.6) is 0 Å². The van der Waals surface area contributed by atoms with Crippen molar-refractivity contribution in [3.8, 4) is 0 Å². The van der Waals surface area contributed by atoms with E-state index in [2.05, 4.69) is 15.2 Å². The van der Waals surface area contributed by atoms with E-state index < -0.39 is 11.2 Å². The summed E-state index contributed by atoms with van der Waals surface area (Å²) in [6.07, 6.45) is 0.901. The summed E-state index contributed by atoms with van der Waals surface area (Å²) < 4.78 is 0. The molecule has 0 amide bonds. The van der Waals surface area contributed by atoms with Crippen molar-refractivity contribution >= 4 is 0 Å². The van der Waals surface area contributed by atoms with Gasteiger partial charge in [-0.1, -0.05) is 13.8 Å². The molecule has 0 aliphatic heterocycles. The molecule has 0 aliphatic carbocycles. The molecular weight excluding hydrogens is 242 g/mol. The van der Waals surface area contributed by atoms with Gasteiger partial charge < -0.3 is 10.4 Å². The lowest BCUT2D eigenvalue weighted by atomic mass is 9.98. The van der Waals surface area contributed by atoms with Gasteiger partial charge in [-0.15, -0.1) is 0 Å². The van der Waals surface area contributed by atoms with Gasteiger partial charge in [0.2, 0.25) is 0 Å². The van der Waals surface area contributed by atoms with Gasteiger partial charge in [-0.2, -0.15) is 11.8 Å². The number of nitrogens with one attached hydrogen (secondary N) is 1.